The molecule has 1 aromatic carbocycles. The molecule has 0 aliphatic rings. The van der Waals surface area contributed by atoms with E-state index in [0.29, 0.717) is 6.07 Å². The Morgan fingerprint density at radius 2 is 1.75 bits per heavy atom. The fraction of sp³-hybridized carbons (Fsp3) is 0.143. The maximum absolute atomic E-state index is 12.8. The van der Waals surface area contributed by atoms with Crippen molar-refractivity contribution < 1.29 is 26.0 Å². The minimum Gasteiger partial charge on any atom is -0.225 e. The molecule has 9 heteroatoms. The van der Waals surface area contributed by atoms with Gasteiger partial charge in [0.15, 0.2) is 0 Å². The van der Waals surface area contributed by atoms with E-state index in [-0.39, 0.29) is 6.07 Å². The number of hydrogen-bond acceptors (Lipinski definition) is 2. The Labute approximate surface area is 96.4 Å². The third-order valence-electron chi connectivity index (χ3n) is 1.60. The molecule has 0 fully saturated rings. The number of halogens is 5. The van der Waals surface area contributed by atoms with Gasteiger partial charge in [0.1, 0.15) is 10.7 Å². The van der Waals surface area contributed by atoms with E-state index in [9.17, 15) is 26.0 Å². The first-order chi connectivity index (χ1) is 7.03. The second-order valence-electron chi connectivity index (χ2n) is 2.81. The SMILES string of the molecule is NS(=O)(=O)c1c(Br)cc(F)cc1C(F)(F)F. The standard InChI is InChI=1S/C7H4BrF4NO2S/c8-5-2-3(9)1-4(7(10,11)12)6(5)16(13,14)15/h1-2H,(H2,13,14,15). The molecule has 90 valence electrons. The quantitative estimate of drug-likeness (QED) is 0.806. The number of primary sulfonamides is 1. The topological polar surface area (TPSA) is 60.2 Å². The van der Waals surface area contributed by atoms with E-state index in [1.54, 1.807) is 0 Å². The van der Waals surface area contributed by atoms with Gasteiger partial charge in [-0.05, 0) is 28.1 Å². The summed E-state index contributed by atoms with van der Waals surface area (Å²) in [7, 11) is -4.60. The van der Waals surface area contributed by atoms with Crippen molar-refractivity contribution in [1.29, 1.82) is 0 Å². The lowest BCUT2D eigenvalue weighted by molar-refractivity contribution is -0.140. The van der Waals surface area contributed by atoms with Gasteiger partial charge in [0.2, 0.25) is 10.0 Å². The molecule has 0 atom stereocenters. The van der Waals surface area contributed by atoms with Crippen LogP contribution in [0.4, 0.5) is 17.6 Å². The first-order valence-corrected chi connectivity index (χ1v) is 5.96. The molecule has 16 heavy (non-hydrogen) atoms. The predicted molar refractivity (Wildman–Crippen MR) is 50.5 cm³/mol. The van der Waals surface area contributed by atoms with E-state index in [4.69, 9.17) is 0 Å². The zero-order valence-corrected chi connectivity index (χ0v) is 9.75. The van der Waals surface area contributed by atoms with Crippen LogP contribution in [0.15, 0.2) is 21.5 Å². The zero-order chi connectivity index (χ0) is 12.7. The van der Waals surface area contributed by atoms with E-state index in [1.165, 1.54) is 0 Å². The van der Waals surface area contributed by atoms with Gasteiger partial charge in [0.25, 0.3) is 0 Å². The first-order valence-electron chi connectivity index (χ1n) is 3.62. The number of nitrogens with two attached hydrogens (primary N) is 1. The van der Waals surface area contributed by atoms with Gasteiger partial charge in [-0.25, -0.2) is 17.9 Å². The van der Waals surface area contributed by atoms with Gasteiger partial charge in [-0.15, -0.1) is 0 Å². The van der Waals surface area contributed by atoms with Gasteiger partial charge < -0.3 is 0 Å². The van der Waals surface area contributed by atoms with Crippen molar-refractivity contribution >= 4 is 26.0 Å². The van der Waals surface area contributed by atoms with Crippen LogP contribution in [0, 0.1) is 5.82 Å². The maximum Gasteiger partial charge on any atom is 0.417 e. The Bertz CT molecular complexity index is 526. The highest BCUT2D eigenvalue weighted by Gasteiger charge is 2.38. The molecule has 0 saturated heterocycles. The van der Waals surface area contributed by atoms with Crippen molar-refractivity contribution in [1.82, 2.24) is 0 Å². The second kappa shape index (κ2) is 3.97. The van der Waals surface area contributed by atoms with Gasteiger partial charge >= 0.3 is 6.18 Å². The Kier molecular flexibility index (Phi) is 3.32. The van der Waals surface area contributed by atoms with Crippen LogP contribution >= 0.6 is 15.9 Å². The highest BCUT2D eigenvalue weighted by atomic mass is 79.9. The lowest BCUT2D eigenvalue weighted by Gasteiger charge is -2.12. The van der Waals surface area contributed by atoms with Crippen molar-refractivity contribution in [2.75, 3.05) is 0 Å². The predicted octanol–water partition coefficient (Wildman–Crippen LogP) is 2.25. The molecule has 0 aromatic heterocycles. The zero-order valence-electron chi connectivity index (χ0n) is 7.35. The average molecular weight is 322 g/mol. The molecular formula is C7H4BrF4NO2S. The van der Waals surface area contributed by atoms with Gasteiger partial charge in [0, 0.05) is 4.47 Å². The number of sulfonamides is 1. The molecule has 1 aromatic rings. The minimum absolute atomic E-state index is 0.0739. The molecule has 0 aliphatic carbocycles. The Morgan fingerprint density at radius 3 is 2.12 bits per heavy atom. The minimum atomic E-state index is -5.01. The summed E-state index contributed by atoms with van der Waals surface area (Å²) in [6.07, 6.45) is -5.01. The molecular weight excluding hydrogens is 318 g/mol. The van der Waals surface area contributed by atoms with Crippen LogP contribution in [0.3, 0.4) is 0 Å². The van der Waals surface area contributed by atoms with E-state index < -0.39 is 36.9 Å². The van der Waals surface area contributed by atoms with Crippen LogP contribution in [0.5, 0.6) is 0 Å². The van der Waals surface area contributed by atoms with Gasteiger partial charge in [-0.2, -0.15) is 13.2 Å². The molecule has 0 heterocycles. The molecule has 0 spiro atoms. The lowest BCUT2D eigenvalue weighted by Crippen LogP contribution is -2.20. The van der Waals surface area contributed by atoms with Gasteiger partial charge in [-0.3, -0.25) is 0 Å². The third-order valence-corrected chi connectivity index (χ3v) is 3.50. The fourth-order valence-corrected chi connectivity index (χ4v) is 2.98. The van der Waals surface area contributed by atoms with Gasteiger partial charge in [0.05, 0.1) is 5.56 Å². The Hall–Kier alpha value is -0.670. The van der Waals surface area contributed by atoms with Crippen molar-refractivity contribution in [3.8, 4) is 0 Å². The second-order valence-corrected chi connectivity index (χ2v) is 5.16. The lowest BCUT2D eigenvalue weighted by atomic mass is 10.2. The van der Waals surface area contributed by atoms with Crippen LogP contribution in [0.2, 0.25) is 0 Å². The highest BCUT2D eigenvalue weighted by Crippen LogP contribution is 2.37. The van der Waals surface area contributed by atoms with Crippen molar-refractivity contribution in [2.24, 2.45) is 5.14 Å². The summed E-state index contributed by atoms with van der Waals surface area (Å²) in [5, 5.41) is 4.62. The molecule has 0 amide bonds. The summed E-state index contributed by atoms with van der Waals surface area (Å²) in [5.41, 5.74) is -1.64. The van der Waals surface area contributed by atoms with Crippen LogP contribution in [0.1, 0.15) is 5.56 Å². The molecule has 0 aliphatic heterocycles. The monoisotopic (exact) mass is 321 g/mol. The summed E-state index contributed by atoms with van der Waals surface area (Å²) < 4.78 is 71.4. The number of rotatable bonds is 1. The van der Waals surface area contributed by atoms with E-state index >= 15 is 0 Å². The fourth-order valence-electron chi connectivity index (χ4n) is 1.06. The molecule has 0 bridgehead atoms. The van der Waals surface area contributed by atoms with E-state index in [2.05, 4.69) is 21.1 Å². The largest absolute Gasteiger partial charge is 0.417 e. The smallest absolute Gasteiger partial charge is 0.225 e. The molecule has 2 N–H and O–H groups in total. The first kappa shape index (κ1) is 13.4. The number of alkyl halides is 3. The molecule has 3 nitrogen and oxygen atoms in total. The third kappa shape index (κ3) is 2.71. The summed E-state index contributed by atoms with van der Waals surface area (Å²) in [6.45, 7) is 0. The summed E-state index contributed by atoms with van der Waals surface area (Å²) >= 11 is 2.53. The van der Waals surface area contributed by atoms with Crippen LogP contribution in [-0.4, -0.2) is 8.42 Å². The Morgan fingerprint density at radius 1 is 1.25 bits per heavy atom. The highest BCUT2D eigenvalue weighted by molar-refractivity contribution is 9.10. The van der Waals surface area contributed by atoms with Crippen molar-refractivity contribution in [3.05, 3.63) is 28.0 Å². The molecule has 0 saturated carbocycles. The van der Waals surface area contributed by atoms with Crippen LogP contribution in [0.25, 0.3) is 0 Å². The van der Waals surface area contributed by atoms with E-state index in [1.807, 2.05) is 0 Å². The maximum atomic E-state index is 12.8. The summed E-state index contributed by atoms with van der Waals surface area (Å²) in [6, 6.07) is 0.666. The molecule has 0 unspecified atom stereocenters. The van der Waals surface area contributed by atoms with Crippen molar-refractivity contribution in [3.63, 3.8) is 0 Å². The molecule has 1 rings (SSSR count). The molecule has 0 radical (unpaired) electrons. The Balaban J connectivity index is 3.72. The average Bonchev–Trinajstić information content (AvgIpc) is 1.97. The van der Waals surface area contributed by atoms with Crippen LogP contribution < -0.4 is 5.14 Å². The summed E-state index contributed by atoms with van der Waals surface area (Å²) in [4.78, 5) is -1.18. The number of benzene rings is 1. The summed E-state index contributed by atoms with van der Waals surface area (Å²) in [5.74, 6) is -1.22. The van der Waals surface area contributed by atoms with Crippen molar-refractivity contribution in [2.45, 2.75) is 11.1 Å². The van der Waals surface area contributed by atoms with Crippen LogP contribution in [-0.2, 0) is 16.2 Å². The van der Waals surface area contributed by atoms with Gasteiger partial charge in [-0.1, -0.05) is 0 Å². The number of hydrogen-bond donors (Lipinski definition) is 1. The van der Waals surface area contributed by atoms with E-state index in [0.717, 1.165) is 0 Å². The normalized spacial score (nSPS) is 12.9.